The smallest absolute Gasteiger partial charge is 0.408 e. The van der Waals surface area contributed by atoms with Crippen LogP contribution in [0, 0.1) is 0 Å². The minimum absolute atomic E-state index is 0.0307. The lowest BCUT2D eigenvalue weighted by Gasteiger charge is -2.44. The molecule has 0 aliphatic carbocycles. The fourth-order valence-electron chi connectivity index (χ4n) is 3.52. The first-order valence-electron chi connectivity index (χ1n) is 12.1. The number of alkyl carbamates (subject to hydrolysis) is 1. The predicted molar refractivity (Wildman–Crippen MR) is 135 cm³/mol. The molecule has 35 heavy (non-hydrogen) atoms. The van der Waals surface area contributed by atoms with Crippen LogP contribution < -0.4 is 16.4 Å². The van der Waals surface area contributed by atoms with Gasteiger partial charge < -0.3 is 26.0 Å². The largest absolute Gasteiger partial charge is 0.444 e. The second-order valence-electron chi connectivity index (χ2n) is 10.6. The third kappa shape index (κ3) is 9.58. The van der Waals surface area contributed by atoms with Crippen LogP contribution in [0.5, 0.6) is 0 Å². The molecule has 9 heteroatoms. The molecule has 0 radical (unpaired) electrons. The number of nitrogens with two attached hydrogens (primary N) is 1. The van der Waals surface area contributed by atoms with Crippen LogP contribution in [-0.4, -0.2) is 51.9 Å². The monoisotopic (exact) mass is 490 g/mol. The van der Waals surface area contributed by atoms with Crippen LogP contribution in [0.1, 0.15) is 86.3 Å². The highest BCUT2D eigenvalue weighted by Gasteiger charge is 2.43. The van der Waals surface area contributed by atoms with E-state index in [0.717, 1.165) is 0 Å². The molecule has 0 bridgehead atoms. The Hall–Kier alpha value is -3.10. The third-order valence-electron chi connectivity index (χ3n) is 5.48. The zero-order chi connectivity index (χ0) is 27.0. The molecule has 1 aromatic rings. The fraction of sp³-hybridized carbons (Fsp3) is 0.615. The second kappa shape index (κ2) is 12.6. The molecule has 0 spiro atoms. The van der Waals surface area contributed by atoms with E-state index in [4.69, 9.17) is 10.5 Å². The summed E-state index contributed by atoms with van der Waals surface area (Å²) in [5.41, 5.74) is 4.42. The molecule has 9 nitrogen and oxygen atoms in total. The van der Waals surface area contributed by atoms with Gasteiger partial charge in [-0.05, 0) is 66.9 Å². The zero-order valence-corrected chi connectivity index (χ0v) is 22.3. The van der Waals surface area contributed by atoms with Gasteiger partial charge >= 0.3 is 6.09 Å². The quantitative estimate of drug-likeness (QED) is 0.437. The van der Waals surface area contributed by atoms with Crippen molar-refractivity contribution >= 4 is 23.8 Å². The maximum absolute atomic E-state index is 14.1. The van der Waals surface area contributed by atoms with Gasteiger partial charge in [-0.25, -0.2) is 4.79 Å². The van der Waals surface area contributed by atoms with Crippen LogP contribution >= 0.6 is 0 Å². The van der Waals surface area contributed by atoms with E-state index >= 15 is 0 Å². The van der Waals surface area contributed by atoms with Gasteiger partial charge in [0.25, 0.3) is 0 Å². The number of amides is 4. The Morgan fingerprint density at radius 1 is 1.00 bits per heavy atom. The number of hydrogen-bond donors (Lipinski definition) is 3. The molecule has 1 aromatic carbocycles. The van der Waals surface area contributed by atoms with E-state index < -0.39 is 41.1 Å². The lowest BCUT2D eigenvalue weighted by atomic mass is 9.91. The Labute approximate surface area is 209 Å². The van der Waals surface area contributed by atoms with E-state index in [1.807, 2.05) is 40.7 Å². The fourth-order valence-corrected chi connectivity index (χ4v) is 3.52. The van der Waals surface area contributed by atoms with Gasteiger partial charge in [0, 0.05) is 18.0 Å². The molecule has 0 saturated carbocycles. The molecule has 2 atom stereocenters. The molecule has 0 fully saturated rings. The minimum Gasteiger partial charge on any atom is -0.444 e. The molecular weight excluding hydrogens is 448 g/mol. The van der Waals surface area contributed by atoms with E-state index in [1.165, 1.54) is 4.90 Å². The van der Waals surface area contributed by atoms with Crippen LogP contribution in [0.3, 0.4) is 0 Å². The van der Waals surface area contributed by atoms with Crippen LogP contribution in [0.2, 0.25) is 0 Å². The number of nitrogens with zero attached hydrogens (tertiary/aromatic N) is 1. The molecule has 4 N–H and O–H groups in total. The number of carbonyl (C=O) groups is 4. The number of benzene rings is 1. The first-order chi connectivity index (χ1) is 16.1. The van der Waals surface area contributed by atoms with E-state index in [0.29, 0.717) is 12.0 Å². The van der Waals surface area contributed by atoms with Crippen molar-refractivity contribution in [1.29, 1.82) is 0 Å². The molecule has 2 unspecified atom stereocenters. The van der Waals surface area contributed by atoms with Crippen molar-refractivity contribution < 1.29 is 23.9 Å². The molecule has 0 aromatic heterocycles. The second-order valence-corrected chi connectivity index (χ2v) is 10.6. The SMILES string of the molecule is CCC(C)(C)N(C(=O)C(CCC(N)=O)NC(=O)OC(C)(C)C)C(C(=O)NC(C)C)c1ccccc1. The van der Waals surface area contributed by atoms with Gasteiger partial charge in [-0.2, -0.15) is 0 Å². The summed E-state index contributed by atoms with van der Waals surface area (Å²) < 4.78 is 5.35. The van der Waals surface area contributed by atoms with E-state index in [2.05, 4.69) is 10.6 Å². The Bertz CT molecular complexity index is 877. The molecule has 0 aliphatic rings. The zero-order valence-electron chi connectivity index (χ0n) is 22.3. The van der Waals surface area contributed by atoms with Gasteiger partial charge in [0.2, 0.25) is 17.7 Å². The third-order valence-corrected chi connectivity index (χ3v) is 5.48. The van der Waals surface area contributed by atoms with Gasteiger partial charge in [0.15, 0.2) is 0 Å². The van der Waals surface area contributed by atoms with Crippen molar-refractivity contribution in [2.24, 2.45) is 5.73 Å². The van der Waals surface area contributed by atoms with Crippen LogP contribution in [0.4, 0.5) is 4.79 Å². The molecule has 0 aliphatic heterocycles. The van der Waals surface area contributed by atoms with E-state index in [1.54, 1.807) is 45.0 Å². The van der Waals surface area contributed by atoms with Crippen molar-refractivity contribution in [1.82, 2.24) is 15.5 Å². The average Bonchev–Trinajstić information content (AvgIpc) is 2.72. The van der Waals surface area contributed by atoms with Gasteiger partial charge in [0.05, 0.1) is 0 Å². The van der Waals surface area contributed by atoms with Crippen molar-refractivity contribution in [3.05, 3.63) is 35.9 Å². The maximum atomic E-state index is 14.1. The summed E-state index contributed by atoms with van der Waals surface area (Å²) >= 11 is 0. The minimum atomic E-state index is -1.12. The Morgan fingerprint density at radius 2 is 1.57 bits per heavy atom. The number of carbonyl (C=O) groups excluding carboxylic acids is 4. The van der Waals surface area contributed by atoms with Crippen LogP contribution in [0.25, 0.3) is 0 Å². The lowest BCUT2D eigenvalue weighted by molar-refractivity contribution is -0.149. The lowest BCUT2D eigenvalue weighted by Crippen LogP contribution is -2.59. The average molecular weight is 491 g/mol. The first-order valence-corrected chi connectivity index (χ1v) is 12.1. The summed E-state index contributed by atoms with van der Waals surface area (Å²) in [4.78, 5) is 53.2. The summed E-state index contributed by atoms with van der Waals surface area (Å²) in [6.45, 7) is 14.5. The number of rotatable bonds is 11. The number of nitrogens with one attached hydrogen (secondary N) is 2. The maximum Gasteiger partial charge on any atom is 0.408 e. The van der Waals surface area contributed by atoms with Crippen molar-refractivity contribution in [3.8, 4) is 0 Å². The highest BCUT2D eigenvalue weighted by Crippen LogP contribution is 2.32. The summed E-state index contributed by atoms with van der Waals surface area (Å²) in [5.74, 6) is -1.45. The van der Waals surface area contributed by atoms with Gasteiger partial charge in [-0.1, -0.05) is 37.3 Å². The number of ether oxygens (including phenoxy) is 1. The van der Waals surface area contributed by atoms with Crippen LogP contribution in [0.15, 0.2) is 30.3 Å². The predicted octanol–water partition coefficient (Wildman–Crippen LogP) is 3.43. The Morgan fingerprint density at radius 3 is 2.03 bits per heavy atom. The molecule has 1 rings (SSSR count). The summed E-state index contributed by atoms with van der Waals surface area (Å²) in [6.07, 6.45) is -0.415. The normalized spacial score (nSPS) is 13.5. The highest BCUT2D eigenvalue weighted by molar-refractivity contribution is 5.93. The Kier molecular flexibility index (Phi) is 10.7. The first kappa shape index (κ1) is 29.9. The number of primary amides is 1. The molecule has 196 valence electrons. The summed E-state index contributed by atoms with van der Waals surface area (Å²) in [7, 11) is 0. The van der Waals surface area contributed by atoms with Crippen molar-refractivity contribution in [2.45, 2.75) is 104 Å². The van der Waals surface area contributed by atoms with Gasteiger partial charge in [-0.15, -0.1) is 0 Å². The standard InChI is InChI=1S/C26H42N4O5/c1-9-26(7,8)30(21(22(32)28-17(2)3)18-13-11-10-12-14-18)23(33)19(15-16-20(27)31)29-24(34)35-25(4,5)6/h10-14,17,19,21H,9,15-16H2,1-8H3,(H2,27,31)(H,28,32)(H,29,34). The van der Waals surface area contributed by atoms with Crippen molar-refractivity contribution in [3.63, 3.8) is 0 Å². The summed E-state index contributed by atoms with van der Waals surface area (Å²) in [5, 5.41) is 5.51. The molecule has 0 saturated heterocycles. The van der Waals surface area contributed by atoms with Gasteiger partial charge in [-0.3, -0.25) is 14.4 Å². The molecular formula is C26H42N4O5. The van der Waals surface area contributed by atoms with Crippen molar-refractivity contribution in [2.75, 3.05) is 0 Å². The highest BCUT2D eigenvalue weighted by atomic mass is 16.6. The van der Waals surface area contributed by atoms with Gasteiger partial charge in [0.1, 0.15) is 17.7 Å². The Balaban J connectivity index is 3.57. The van der Waals surface area contributed by atoms with E-state index in [-0.39, 0.29) is 24.8 Å². The topological polar surface area (TPSA) is 131 Å². The van der Waals surface area contributed by atoms with Crippen LogP contribution in [-0.2, 0) is 19.1 Å². The molecule has 4 amide bonds. The summed E-state index contributed by atoms with van der Waals surface area (Å²) in [6, 6.07) is 6.77. The number of hydrogen-bond acceptors (Lipinski definition) is 5. The molecule has 0 heterocycles. The van der Waals surface area contributed by atoms with E-state index in [9.17, 15) is 19.2 Å².